The monoisotopic (exact) mass is 175 g/mol. The maximum atomic E-state index is 2.53. The number of rotatable bonds is 1. The van der Waals surface area contributed by atoms with Crippen LogP contribution in [0.25, 0.3) is 0 Å². The van der Waals surface area contributed by atoms with Crippen molar-refractivity contribution in [3.63, 3.8) is 0 Å². The van der Waals surface area contributed by atoms with Crippen LogP contribution in [0.15, 0.2) is 24.3 Å². The lowest BCUT2D eigenvalue weighted by Gasteiger charge is -2.31. The van der Waals surface area contributed by atoms with Crippen molar-refractivity contribution < 1.29 is 0 Å². The van der Waals surface area contributed by atoms with Crippen molar-refractivity contribution in [2.24, 2.45) is 0 Å². The first kappa shape index (κ1) is 8.76. The first-order valence-corrected chi connectivity index (χ1v) is 5.08. The second-order valence-corrected chi connectivity index (χ2v) is 4.08. The molecule has 1 aliphatic rings. The fourth-order valence-corrected chi connectivity index (χ4v) is 1.96. The highest BCUT2D eigenvalue weighted by Gasteiger charge is 2.16. The Labute approximate surface area is 80.4 Å². The Morgan fingerprint density at radius 1 is 1.15 bits per heavy atom. The number of nitrogens with zero attached hydrogens (tertiary/aromatic N) is 1. The van der Waals surface area contributed by atoms with Crippen LogP contribution >= 0.6 is 0 Å². The molecule has 0 spiro atoms. The molecule has 0 bridgehead atoms. The van der Waals surface area contributed by atoms with Crippen molar-refractivity contribution in [1.82, 2.24) is 4.90 Å². The van der Waals surface area contributed by atoms with Crippen LogP contribution in [0.1, 0.15) is 25.0 Å². The Hall–Kier alpha value is -0.820. The number of benzene rings is 1. The van der Waals surface area contributed by atoms with Crippen LogP contribution in [0.3, 0.4) is 0 Å². The first-order chi connectivity index (χ1) is 6.27. The molecule has 1 nitrogen and oxygen atoms in total. The highest BCUT2D eigenvalue weighted by Crippen LogP contribution is 2.19. The van der Waals surface area contributed by atoms with Crippen molar-refractivity contribution in [2.45, 2.75) is 32.9 Å². The molecule has 2 rings (SSSR count). The molecule has 1 aliphatic heterocycles. The van der Waals surface area contributed by atoms with Crippen LogP contribution in [-0.2, 0) is 13.0 Å². The molecule has 1 heterocycles. The molecule has 0 unspecified atom stereocenters. The van der Waals surface area contributed by atoms with Gasteiger partial charge in [-0.15, -0.1) is 0 Å². The van der Waals surface area contributed by atoms with Crippen LogP contribution in [0.2, 0.25) is 0 Å². The number of hydrogen-bond donors (Lipinski definition) is 0. The summed E-state index contributed by atoms with van der Waals surface area (Å²) in [6, 6.07) is 9.47. The zero-order valence-electron chi connectivity index (χ0n) is 8.46. The van der Waals surface area contributed by atoms with Gasteiger partial charge < -0.3 is 0 Å². The van der Waals surface area contributed by atoms with Crippen LogP contribution in [-0.4, -0.2) is 17.5 Å². The zero-order valence-corrected chi connectivity index (χ0v) is 8.46. The lowest BCUT2D eigenvalue weighted by Crippen LogP contribution is -2.35. The molecular weight excluding hydrogens is 158 g/mol. The van der Waals surface area contributed by atoms with Gasteiger partial charge in [0.05, 0.1) is 0 Å². The van der Waals surface area contributed by atoms with Crippen LogP contribution in [0, 0.1) is 0 Å². The Balaban J connectivity index is 2.20. The molecule has 1 heteroatoms. The van der Waals surface area contributed by atoms with Crippen molar-refractivity contribution in [1.29, 1.82) is 0 Å². The third-order valence-corrected chi connectivity index (χ3v) is 2.89. The predicted octanol–water partition coefficient (Wildman–Crippen LogP) is 2.45. The number of fused-ring (bicyclic) bond motifs is 1. The maximum Gasteiger partial charge on any atom is 0.0239 e. The quantitative estimate of drug-likeness (QED) is 0.633. The maximum absolute atomic E-state index is 2.53. The van der Waals surface area contributed by atoms with E-state index in [9.17, 15) is 0 Å². The van der Waals surface area contributed by atoms with Gasteiger partial charge in [0.25, 0.3) is 0 Å². The summed E-state index contributed by atoms with van der Waals surface area (Å²) in [5.41, 5.74) is 3.06. The van der Waals surface area contributed by atoms with Gasteiger partial charge in [-0.2, -0.15) is 0 Å². The molecule has 1 aromatic rings. The lowest BCUT2D eigenvalue weighted by molar-refractivity contribution is 0.203. The minimum Gasteiger partial charge on any atom is -0.296 e. The van der Waals surface area contributed by atoms with Crippen LogP contribution in [0.4, 0.5) is 0 Å². The third kappa shape index (κ3) is 1.75. The van der Waals surface area contributed by atoms with Crippen molar-refractivity contribution in [3.05, 3.63) is 35.4 Å². The highest BCUT2D eigenvalue weighted by atomic mass is 15.1. The Morgan fingerprint density at radius 2 is 1.85 bits per heavy atom. The average Bonchev–Trinajstić information content (AvgIpc) is 2.17. The molecule has 0 saturated carbocycles. The standard InChI is InChI=1S/C12H17N/c1-10(2)13-8-7-11-5-3-4-6-12(11)9-13/h3-6,10H,7-9H2,1-2H3. The van der Waals surface area contributed by atoms with Gasteiger partial charge in [0.2, 0.25) is 0 Å². The Bertz CT molecular complexity index is 291. The van der Waals surface area contributed by atoms with E-state index in [0.717, 1.165) is 6.54 Å². The van der Waals surface area contributed by atoms with Crippen molar-refractivity contribution in [3.8, 4) is 0 Å². The van der Waals surface area contributed by atoms with Crippen molar-refractivity contribution in [2.75, 3.05) is 6.54 Å². The van der Waals surface area contributed by atoms with Gasteiger partial charge in [0.15, 0.2) is 0 Å². The Kier molecular flexibility index (Phi) is 2.36. The van der Waals surface area contributed by atoms with Crippen molar-refractivity contribution >= 4 is 0 Å². The van der Waals surface area contributed by atoms with Crippen LogP contribution < -0.4 is 0 Å². The van der Waals surface area contributed by atoms with E-state index in [0.29, 0.717) is 6.04 Å². The van der Waals surface area contributed by atoms with E-state index in [1.807, 2.05) is 0 Å². The topological polar surface area (TPSA) is 3.24 Å². The van der Waals surface area contributed by atoms with Gasteiger partial charge in [-0.25, -0.2) is 0 Å². The fraction of sp³-hybridized carbons (Fsp3) is 0.500. The number of hydrogen-bond acceptors (Lipinski definition) is 1. The second-order valence-electron chi connectivity index (χ2n) is 4.08. The van der Waals surface area contributed by atoms with E-state index in [1.54, 1.807) is 5.56 Å². The molecule has 0 aromatic heterocycles. The summed E-state index contributed by atoms with van der Waals surface area (Å²) < 4.78 is 0. The SMILES string of the molecule is CC(C)N1CCc2ccccc2C1. The van der Waals surface area contributed by atoms with Gasteiger partial charge >= 0.3 is 0 Å². The van der Waals surface area contributed by atoms with E-state index in [1.165, 1.54) is 18.5 Å². The predicted molar refractivity (Wildman–Crippen MR) is 55.7 cm³/mol. The summed E-state index contributed by atoms with van der Waals surface area (Å²) in [5, 5.41) is 0. The third-order valence-electron chi connectivity index (χ3n) is 2.89. The molecule has 1 aromatic carbocycles. The normalized spacial score (nSPS) is 17.5. The summed E-state index contributed by atoms with van der Waals surface area (Å²) >= 11 is 0. The van der Waals surface area contributed by atoms with E-state index >= 15 is 0 Å². The molecular formula is C12H17N. The van der Waals surface area contributed by atoms with Gasteiger partial charge in [-0.3, -0.25) is 4.90 Å². The van der Waals surface area contributed by atoms with Gasteiger partial charge in [0.1, 0.15) is 0 Å². The molecule has 0 atom stereocenters. The smallest absolute Gasteiger partial charge is 0.0239 e. The fourth-order valence-electron chi connectivity index (χ4n) is 1.96. The van der Waals surface area contributed by atoms with E-state index in [2.05, 4.69) is 43.0 Å². The van der Waals surface area contributed by atoms with Gasteiger partial charge in [-0.05, 0) is 31.4 Å². The van der Waals surface area contributed by atoms with Crippen LogP contribution in [0.5, 0.6) is 0 Å². The van der Waals surface area contributed by atoms with E-state index in [4.69, 9.17) is 0 Å². The molecule has 0 radical (unpaired) electrons. The lowest BCUT2D eigenvalue weighted by atomic mass is 9.99. The highest BCUT2D eigenvalue weighted by molar-refractivity contribution is 5.29. The van der Waals surface area contributed by atoms with Gasteiger partial charge in [-0.1, -0.05) is 24.3 Å². The molecule has 0 fully saturated rings. The molecule has 0 aliphatic carbocycles. The van der Waals surface area contributed by atoms with Gasteiger partial charge in [0, 0.05) is 19.1 Å². The zero-order chi connectivity index (χ0) is 9.26. The molecule has 13 heavy (non-hydrogen) atoms. The summed E-state index contributed by atoms with van der Waals surface area (Å²) in [6.07, 6.45) is 1.22. The molecule has 0 N–H and O–H groups in total. The first-order valence-electron chi connectivity index (χ1n) is 5.08. The summed E-state index contributed by atoms with van der Waals surface area (Å²) in [5.74, 6) is 0. The summed E-state index contributed by atoms with van der Waals surface area (Å²) in [6.45, 7) is 6.89. The van der Waals surface area contributed by atoms with E-state index in [-0.39, 0.29) is 0 Å². The minimum atomic E-state index is 0.674. The average molecular weight is 175 g/mol. The minimum absolute atomic E-state index is 0.674. The molecule has 0 amide bonds. The summed E-state index contributed by atoms with van der Waals surface area (Å²) in [7, 11) is 0. The molecule has 0 saturated heterocycles. The largest absolute Gasteiger partial charge is 0.296 e. The van der Waals surface area contributed by atoms with E-state index < -0.39 is 0 Å². The Morgan fingerprint density at radius 3 is 2.54 bits per heavy atom. The second kappa shape index (κ2) is 3.51. The molecule has 70 valence electrons. The summed E-state index contributed by atoms with van der Waals surface area (Å²) in [4.78, 5) is 2.53.